The molecule has 2 aromatic heterocycles. The van der Waals surface area contributed by atoms with Crippen LogP contribution in [-0.4, -0.2) is 19.5 Å². The topological polar surface area (TPSA) is 88.1 Å². The molecule has 3 heterocycles. The Morgan fingerprint density at radius 3 is 2.36 bits per heavy atom. The number of benzene rings is 2. The van der Waals surface area contributed by atoms with Gasteiger partial charge in [-0.1, -0.05) is 34.1 Å². The van der Waals surface area contributed by atoms with Gasteiger partial charge < -0.3 is 19.8 Å². The number of hydrogen-bond donors (Lipinski definition) is 1. The highest BCUT2D eigenvalue weighted by Gasteiger charge is 2.37. The van der Waals surface area contributed by atoms with E-state index in [0.717, 1.165) is 21.8 Å². The van der Waals surface area contributed by atoms with Crippen LogP contribution in [0, 0.1) is 0 Å². The van der Waals surface area contributed by atoms with Crippen molar-refractivity contribution in [1.29, 1.82) is 0 Å². The summed E-state index contributed by atoms with van der Waals surface area (Å²) in [6.07, 6.45) is -8.25. The number of fused-ring (bicyclic) bond motifs is 1. The van der Waals surface area contributed by atoms with Gasteiger partial charge in [-0.15, -0.1) is 0 Å². The fraction of sp³-hybridized carbons (Fsp3) is 0.208. The first-order valence-electron chi connectivity index (χ1n) is 11.1. The Kier molecular flexibility index (Phi) is 7.13. The molecule has 0 aliphatic carbocycles. The normalized spacial score (nSPS) is 15.8. The van der Waals surface area contributed by atoms with E-state index in [1.54, 1.807) is 0 Å². The van der Waals surface area contributed by atoms with Crippen molar-refractivity contribution < 1.29 is 35.8 Å². The summed E-state index contributed by atoms with van der Waals surface area (Å²) in [6.45, 7) is -0.0598. The Hall–Kier alpha value is -3.46. The molecule has 2 N–H and O–H groups in total. The second kappa shape index (κ2) is 10.3. The molecule has 0 amide bonds. The molecule has 0 radical (unpaired) electrons. The first kappa shape index (κ1) is 27.1. The van der Waals surface area contributed by atoms with Crippen molar-refractivity contribution >= 4 is 44.7 Å². The number of anilines is 1. The lowest BCUT2D eigenvalue weighted by Gasteiger charge is -2.15. The molecule has 5 rings (SSSR count). The minimum absolute atomic E-state index is 0.0580. The number of imidazole rings is 1. The van der Waals surface area contributed by atoms with Crippen LogP contribution in [0.4, 0.5) is 32.2 Å². The van der Waals surface area contributed by atoms with Crippen LogP contribution in [-0.2, 0) is 34.8 Å². The van der Waals surface area contributed by atoms with Gasteiger partial charge in [0.2, 0.25) is 5.09 Å². The summed E-state index contributed by atoms with van der Waals surface area (Å²) >= 11 is 4.47. The monoisotopic (exact) mass is 631 g/mol. The average Bonchev–Trinajstić information content (AvgIpc) is 3.47. The standard InChI is InChI=1S/C24H16BrF6N5O2S/c25-16-4-2-1-3-15(16)21-37-10-17(38-21)39-22-35-18-19(32)33-11-34-20(18)36(22)6-5-12-7-13(23(26,27)28)9-14(8-12)24(29,30)31/h1-4,7-11,21H,5-6H2,(H2,32,33,34). The predicted molar refractivity (Wildman–Crippen MR) is 133 cm³/mol. The maximum Gasteiger partial charge on any atom is 0.416 e. The van der Waals surface area contributed by atoms with E-state index in [0.29, 0.717) is 17.2 Å². The maximum atomic E-state index is 13.3. The summed E-state index contributed by atoms with van der Waals surface area (Å²) in [5.74, 6) is 0.0580. The number of thioether (sulfide) groups is 1. The van der Waals surface area contributed by atoms with Crippen LogP contribution in [0.3, 0.4) is 0 Å². The van der Waals surface area contributed by atoms with Gasteiger partial charge in [-0.2, -0.15) is 26.3 Å². The number of aryl methyl sites for hydroxylation is 2. The first-order valence-corrected chi connectivity index (χ1v) is 12.7. The van der Waals surface area contributed by atoms with Gasteiger partial charge in [0.1, 0.15) is 12.6 Å². The zero-order valence-electron chi connectivity index (χ0n) is 19.4. The van der Waals surface area contributed by atoms with Crippen LogP contribution >= 0.6 is 27.7 Å². The zero-order chi connectivity index (χ0) is 27.9. The van der Waals surface area contributed by atoms with Crippen molar-refractivity contribution in [3.8, 4) is 0 Å². The summed E-state index contributed by atoms with van der Waals surface area (Å²) in [6, 6.07) is 8.78. The van der Waals surface area contributed by atoms with E-state index in [-0.39, 0.29) is 46.7 Å². The summed E-state index contributed by atoms with van der Waals surface area (Å²) in [4.78, 5) is 12.5. The Bertz CT molecular complexity index is 1540. The smallest absolute Gasteiger partial charge is 0.416 e. The lowest BCUT2D eigenvalue weighted by atomic mass is 10.0. The number of ether oxygens (including phenoxy) is 2. The second-order valence-electron chi connectivity index (χ2n) is 8.29. The van der Waals surface area contributed by atoms with Gasteiger partial charge in [0.25, 0.3) is 6.29 Å². The summed E-state index contributed by atoms with van der Waals surface area (Å²) in [7, 11) is 0. The highest BCUT2D eigenvalue weighted by Crippen LogP contribution is 2.41. The molecule has 4 aromatic rings. The van der Waals surface area contributed by atoms with Crippen molar-refractivity contribution in [3.05, 3.63) is 86.9 Å². The van der Waals surface area contributed by atoms with Gasteiger partial charge in [-0.25, -0.2) is 15.0 Å². The number of halogens is 7. The van der Waals surface area contributed by atoms with Crippen LogP contribution in [0.5, 0.6) is 0 Å². The summed E-state index contributed by atoms with van der Waals surface area (Å²) in [5.41, 5.74) is 4.23. The van der Waals surface area contributed by atoms with Crippen LogP contribution in [0.2, 0.25) is 0 Å². The largest absolute Gasteiger partial charge is 0.454 e. The molecule has 0 fully saturated rings. The van der Waals surface area contributed by atoms with Gasteiger partial charge in [0.15, 0.2) is 22.1 Å². The van der Waals surface area contributed by atoms with Gasteiger partial charge in [-0.3, -0.25) is 0 Å². The van der Waals surface area contributed by atoms with E-state index >= 15 is 0 Å². The van der Waals surface area contributed by atoms with Crippen molar-refractivity contribution in [2.24, 2.45) is 0 Å². The van der Waals surface area contributed by atoms with E-state index in [9.17, 15) is 26.3 Å². The van der Waals surface area contributed by atoms with Gasteiger partial charge >= 0.3 is 12.4 Å². The number of nitrogen functional groups attached to an aromatic ring is 1. The fourth-order valence-corrected chi connectivity index (χ4v) is 5.15. The lowest BCUT2D eigenvalue weighted by Crippen LogP contribution is -2.13. The minimum Gasteiger partial charge on any atom is -0.454 e. The SMILES string of the molecule is Nc1ncnc2c1nc(SC1=COC(c3ccccc3Br)O1)n2CCc1cc(C(F)(F)F)cc(C(F)(F)F)c1. The molecule has 0 saturated carbocycles. The molecular weight excluding hydrogens is 616 g/mol. The van der Waals surface area contributed by atoms with Crippen molar-refractivity contribution in [2.75, 3.05) is 5.73 Å². The van der Waals surface area contributed by atoms with Crippen LogP contribution < -0.4 is 5.73 Å². The highest BCUT2D eigenvalue weighted by molar-refractivity contribution is 9.10. The van der Waals surface area contributed by atoms with Crippen LogP contribution in [0.25, 0.3) is 11.2 Å². The molecule has 1 unspecified atom stereocenters. The fourth-order valence-electron chi connectivity index (χ4n) is 3.84. The van der Waals surface area contributed by atoms with E-state index in [2.05, 4.69) is 30.9 Å². The first-order chi connectivity index (χ1) is 18.4. The number of rotatable bonds is 6. The molecule has 0 bridgehead atoms. The van der Waals surface area contributed by atoms with Gasteiger partial charge in [0.05, 0.1) is 11.1 Å². The van der Waals surface area contributed by atoms with Gasteiger partial charge in [-0.05, 0) is 48.0 Å². The Morgan fingerprint density at radius 1 is 1.00 bits per heavy atom. The van der Waals surface area contributed by atoms with Gasteiger partial charge in [0, 0.05) is 16.6 Å². The Morgan fingerprint density at radius 2 is 1.69 bits per heavy atom. The molecule has 39 heavy (non-hydrogen) atoms. The molecule has 1 aliphatic rings. The van der Waals surface area contributed by atoms with E-state index in [1.165, 1.54) is 17.2 Å². The predicted octanol–water partition coefficient (Wildman–Crippen LogP) is 7.09. The third-order valence-corrected chi connectivity index (χ3v) is 7.27. The molecule has 7 nitrogen and oxygen atoms in total. The minimum atomic E-state index is -4.95. The van der Waals surface area contributed by atoms with Crippen molar-refractivity contribution in [2.45, 2.75) is 36.8 Å². The Labute approximate surface area is 229 Å². The molecule has 0 spiro atoms. The van der Waals surface area contributed by atoms with E-state index < -0.39 is 29.8 Å². The number of nitrogens with zero attached hydrogens (tertiary/aromatic N) is 4. The second-order valence-corrected chi connectivity index (χ2v) is 10.1. The molecule has 1 aliphatic heterocycles. The molecule has 0 saturated heterocycles. The van der Waals surface area contributed by atoms with E-state index in [1.807, 2.05) is 24.3 Å². The number of aromatic nitrogens is 4. The molecule has 1 atom stereocenters. The summed E-state index contributed by atoms with van der Waals surface area (Å²) < 4.78 is 93.7. The number of nitrogens with two attached hydrogens (primary N) is 1. The van der Waals surface area contributed by atoms with E-state index in [4.69, 9.17) is 15.2 Å². The number of hydrogen-bond acceptors (Lipinski definition) is 7. The molecule has 2 aromatic carbocycles. The number of alkyl halides is 6. The van der Waals surface area contributed by atoms with Crippen LogP contribution in [0.15, 0.2) is 69.8 Å². The lowest BCUT2D eigenvalue weighted by molar-refractivity contribution is -0.143. The maximum absolute atomic E-state index is 13.3. The molecular formula is C24H16BrF6N5O2S. The molecule has 15 heteroatoms. The molecule has 204 valence electrons. The Balaban J connectivity index is 1.44. The summed E-state index contributed by atoms with van der Waals surface area (Å²) in [5, 5.41) is 0.597. The highest BCUT2D eigenvalue weighted by atomic mass is 79.9. The third kappa shape index (κ3) is 5.78. The quantitative estimate of drug-likeness (QED) is 0.227. The van der Waals surface area contributed by atoms with Crippen LogP contribution in [0.1, 0.15) is 28.5 Å². The third-order valence-electron chi connectivity index (χ3n) is 5.66. The average molecular weight is 632 g/mol. The zero-order valence-corrected chi connectivity index (χ0v) is 21.8. The van der Waals surface area contributed by atoms with Crippen molar-refractivity contribution in [1.82, 2.24) is 19.5 Å². The van der Waals surface area contributed by atoms with Crippen molar-refractivity contribution in [3.63, 3.8) is 0 Å².